The molecule has 0 aliphatic carbocycles. The highest BCUT2D eigenvalue weighted by Gasteiger charge is 2.22. The van der Waals surface area contributed by atoms with E-state index < -0.39 is 0 Å². The lowest BCUT2D eigenvalue weighted by Gasteiger charge is -2.19. The summed E-state index contributed by atoms with van der Waals surface area (Å²) in [6.07, 6.45) is 0.431. The zero-order valence-corrected chi connectivity index (χ0v) is 13.7. The predicted octanol–water partition coefficient (Wildman–Crippen LogP) is 4.25. The summed E-state index contributed by atoms with van der Waals surface area (Å²) in [4.78, 5) is 11.5. The molecule has 2 heterocycles. The molecule has 0 saturated carbocycles. The van der Waals surface area contributed by atoms with Gasteiger partial charge in [-0.15, -0.1) is 11.3 Å². The molecule has 0 saturated heterocycles. The number of hydrogen-bond acceptors (Lipinski definition) is 3. The van der Waals surface area contributed by atoms with Crippen molar-refractivity contribution in [3.8, 4) is 0 Å². The number of carbonyl (C=O) groups is 1. The third kappa shape index (κ3) is 2.94. The van der Waals surface area contributed by atoms with E-state index in [-0.39, 0.29) is 11.9 Å². The van der Waals surface area contributed by atoms with E-state index in [1.807, 2.05) is 25.1 Å². The molecule has 0 bridgehead atoms. The van der Waals surface area contributed by atoms with E-state index in [1.54, 1.807) is 0 Å². The Morgan fingerprint density at radius 3 is 2.86 bits per heavy atom. The van der Waals surface area contributed by atoms with Gasteiger partial charge in [-0.05, 0) is 29.8 Å². The van der Waals surface area contributed by atoms with Gasteiger partial charge < -0.3 is 10.6 Å². The first-order valence-corrected chi connectivity index (χ1v) is 8.26. The van der Waals surface area contributed by atoms with Gasteiger partial charge in [0.05, 0.1) is 21.1 Å². The zero-order chi connectivity index (χ0) is 15.0. The molecule has 2 aromatic rings. The largest absolute Gasteiger partial charge is 0.326 e. The summed E-state index contributed by atoms with van der Waals surface area (Å²) in [5.74, 6) is 0.0405. The normalized spacial score (nSPS) is 14.9. The van der Waals surface area contributed by atoms with Gasteiger partial charge in [-0.25, -0.2) is 0 Å². The third-order valence-corrected chi connectivity index (χ3v) is 5.01. The number of halogens is 2. The van der Waals surface area contributed by atoms with E-state index >= 15 is 0 Å². The molecule has 1 aromatic carbocycles. The SMILES string of the molecule is CCNC(c1ccc2c(c1)CC(=O)N2)c1cc(Cl)sc1Cl. The minimum absolute atomic E-state index is 0.0211. The van der Waals surface area contributed by atoms with Crippen LogP contribution in [-0.2, 0) is 11.2 Å². The van der Waals surface area contributed by atoms with Crippen molar-refractivity contribution in [3.05, 3.63) is 49.6 Å². The number of nitrogens with one attached hydrogen (secondary N) is 2. The van der Waals surface area contributed by atoms with Crippen LogP contribution < -0.4 is 10.6 Å². The minimum atomic E-state index is -0.0211. The Hall–Kier alpha value is -1.07. The van der Waals surface area contributed by atoms with Crippen LogP contribution in [0.25, 0.3) is 0 Å². The molecule has 3 nitrogen and oxygen atoms in total. The number of thiophene rings is 1. The van der Waals surface area contributed by atoms with E-state index in [1.165, 1.54) is 11.3 Å². The van der Waals surface area contributed by atoms with Gasteiger partial charge in [-0.3, -0.25) is 4.79 Å². The van der Waals surface area contributed by atoms with Gasteiger partial charge in [-0.1, -0.05) is 42.3 Å². The van der Waals surface area contributed by atoms with Gasteiger partial charge in [0, 0.05) is 11.3 Å². The standard InChI is InChI=1S/C15H14Cl2N2OS/c1-2-18-14(10-7-12(16)21-15(10)17)8-3-4-11-9(5-8)6-13(20)19-11/h3-5,7,14,18H,2,6H2,1H3,(H,19,20). The summed E-state index contributed by atoms with van der Waals surface area (Å²) < 4.78 is 1.37. The molecule has 1 aliphatic rings. The Morgan fingerprint density at radius 1 is 1.38 bits per heavy atom. The van der Waals surface area contributed by atoms with Crippen molar-refractivity contribution in [2.45, 2.75) is 19.4 Å². The zero-order valence-electron chi connectivity index (χ0n) is 11.4. The van der Waals surface area contributed by atoms with Gasteiger partial charge in [0.2, 0.25) is 5.91 Å². The van der Waals surface area contributed by atoms with Gasteiger partial charge >= 0.3 is 0 Å². The Bertz CT molecular complexity index is 699. The fraction of sp³-hybridized carbons (Fsp3) is 0.267. The van der Waals surface area contributed by atoms with Crippen LogP contribution in [0.1, 0.15) is 29.7 Å². The lowest BCUT2D eigenvalue weighted by molar-refractivity contribution is -0.115. The van der Waals surface area contributed by atoms with Crippen molar-refractivity contribution in [3.63, 3.8) is 0 Å². The molecule has 6 heteroatoms. The summed E-state index contributed by atoms with van der Waals surface area (Å²) in [5.41, 5.74) is 3.99. The summed E-state index contributed by atoms with van der Waals surface area (Å²) in [5, 5.41) is 6.28. The monoisotopic (exact) mass is 340 g/mol. The first kappa shape index (κ1) is 14.9. The molecule has 1 unspecified atom stereocenters. The van der Waals surface area contributed by atoms with Crippen LogP contribution in [0.5, 0.6) is 0 Å². The van der Waals surface area contributed by atoms with Crippen molar-refractivity contribution < 1.29 is 4.79 Å². The molecule has 2 N–H and O–H groups in total. The molecule has 3 rings (SSSR count). The molecule has 0 radical (unpaired) electrons. The second-order valence-corrected chi connectivity index (χ2v) is 7.20. The topological polar surface area (TPSA) is 41.1 Å². The van der Waals surface area contributed by atoms with Crippen LogP contribution in [0.15, 0.2) is 24.3 Å². The second kappa shape index (κ2) is 5.97. The van der Waals surface area contributed by atoms with Crippen molar-refractivity contribution in [1.29, 1.82) is 0 Å². The summed E-state index contributed by atoms with van der Waals surface area (Å²) in [7, 11) is 0. The van der Waals surface area contributed by atoms with Crippen molar-refractivity contribution in [2.75, 3.05) is 11.9 Å². The van der Waals surface area contributed by atoms with Gasteiger partial charge in [0.1, 0.15) is 0 Å². The van der Waals surface area contributed by atoms with Crippen molar-refractivity contribution in [1.82, 2.24) is 5.32 Å². The molecular weight excluding hydrogens is 327 g/mol. The third-order valence-electron chi connectivity index (χ3n) is 3.49. The van der Waals surface area contributed by atoms with Gasteiger partial charge in [0.25, 0.3) is 0 Å². The number of fused-ring (bicyclic) bond motifs is 1. The predicted molar refractivity (Wildman–Crippen MR) is 88.6 cm³/mol. The number of rotatable bonds is 4. The summed E-state index contributed by atoms with van der Waals surface area (Å²) in [6.45, 7) is 2.86. The average molecular weight is 341 g/mol. The summed E-state index contributed by atoms with van der Waals surface area (Å²) in [6, 6.07) is 7.90. The minimum Gasteiger partial charge on any atom is -0.326 e. The highest BCUT2D eigenvalue weighted by molar-refractivity contribution is 7.20. The molecular formula is C15H14Cl2N2OS. The molecule has 1 atom stereocenters. The van der Waals surface area contributed by atoms with Gasteiger partial charge in [0.15, 0.2) is 0 Å². The molecule has 0 spiro atoms. The highest BCUT2D eigenvalue weighted by Crippen LogP contribution is 2.38. The first-order valence-electron chi connectivity index (χ1n) is 6.69. The van der Waals surface area contributed by atoms with Crippen molar-refractivity contribution >= 4 is 46.1 Å². The van der Waals surface area contributed by atoms with Crippen LogP contribution in [0.2, 0.25) is 8.67 Å². The number of carbonyl (C=O) groups excluding carboxylic acids is 1. The quantitative estimate of drug-likeness (QED) is 0.873. The smallest absolute Gasteiger partial charge is 0.228 e. The van der Waals surface area contributed by atoms with E-state index in [2.05, 4.69) is 16.7 Å². The Labute approximate surface area is 137 Å². The number of hydrogen-bond donors (Lipinski definition) is 2. The Kier molecular flexibility index (Phi) is 4.22. The van der Waals surface area contributed by atoms with Gasteiger partial charge in [-0.2, -0.15) is 0 Å². The van der Waals surface area contributed by atoms with Crippen LogP contribution in [0.3, 0.4) is 0 Å². The van der Waals surface area contributed by atoms with Crippen LogP contribution in [-0.4, -0.2) is 12.5 Å². The lowest BCUT2D eigenvalue weighted by atomic mass is 9.98. The van der Waals surface area contributed by atoms with Crippen LogP contribution in [0, 0.1) is 0 Å². The molecule has 0 fully saturated rings. The number of anilines is 1. The molecule has 110 valence electrons. The maximum absolute atomic E-state index is 11.5. The fourth-order valence-corrected chi connectivity index (χ4v) is 4.12. The number of benzene rings is 1. The fourth-order valence-electron chi connectivity index (χ4n) is 2.59. The molecule has 1 amide bonds. The van der Waals surface area contributed by atoms with Crippen LogP contribution in [0.4, 0.5) is 5.69 Å². The maximum Gasteiger partial charge on any atom is 0.228 e. The Balaban J connectivity index is 2.00. The number of amides is 1. The van der Waals surface area contributed by atoms with E-state index in [9.17, 15) is 4.79 Å². The van der Waals surface area contributed by atoms with Crippen LogP contribution >= 0.6 is 34.5 Å². The lowest BCUT2D eigenvalue weighted by Crippen LogP contribution is -2.21. The molecule has 1 aromatic heterocycles. The molecule has 21 heavy (non-hydrogen) atoms. The van der Waals surface area contributed by atoms with E-state index in [4.69, 9.17) is 23.2 Å². The van der Waals surface area contributed by atoms with E-state index in [0.29, 0.717) is 15.1 Å². The van der Waals surface area contributed by atoms with Crippen molar-refractivity contribution in [2.24, 2.45) is 0 Å². The average Bonchev–Trinajstić information content (AvgIpc) is 2.96. The molecule has 1 aliphatic heterocycles. The first-order chi connectivity index (χ1) is 10.1. The second-order valence-electron chi connectivity index (χ2n) is 4.91. The Morgan fingerprint density at radius 2 is 2.19 bits per heavy atom. The maximum atomic E-state index is 11.5. The van der Waals surface area contributed by atoms with E-state index in [0.717, 1.165) is 28.9 Å². The highest BCUT2D eigenvalue weighted by atomic mass is 35.5. The summed E-state index contributed by atoms with van der Waals surface area (Å²) >= 11 is 13.7.